The number of carbonyl (C=O) groups excluding carboxylic acids is 1. The molecule has 0 saturated heterocycles. The zero-order valence-corrected chi connectivity index (χ0v) is 9.74. The molecule has 1 rings (SSSR count). The van der Waals surface area contributed by atoms with E-state index in [2.05, 4.69) is 5.32 Å². The average molecular weight is 249 g/mol. The van der Waals surface area contributed by atoms with Crippen molar-refractivity contribution in [1.29, 1.82) is 0 Å². The first-order valence-electron chi connectivity index (χ1n) is 5.48. The van der Waals surface area contributed by atoms with E-state index in [0.29, 0.717) is 6.42 Å². The number of aliphatic carboxylic acids is 1. The molecule has 1 amide bonds. The lowest BCUT2D eigenvalue weighted by Crippen LogP contribution is -2.38. The fraction of sp³-hybridized carbons (Fsp3) is 0.231. The highest BCUT2D eigenvalue weighted by Crippen LogP contribution is 2.02. The molecule has 1 aromatic carbocycles. The zero-order valence-electron chi connectivity index (χ0n) is 9.74. The van der Waals surface area contributed by atoms with Crippen molar-refractivity contribution in [3.05, 3.63) is 48.0 Å². The molecule has 96 valence electrons. The fourth-order valence-corrected chi connectivity index (χ4v) is 1.46. The van der Waals surface area contributed by atoms with Gasteiger partial charge in [0.25, 0.3) is 0 Å². The number of carboxylic acids is 1. The quantitative estimate of drug-likeness (QED) is 0.635. The number of nitrogens with one attached hydrogen (secondary N) is 1. The Morgan fingerprint density at radius 3 is 2.44 bits per heavy atom. The number of hydrogen-bond acceptors (Lipinski definition) is 3. The molecular formula is C13H15NO4. The molecule has 18 heavy (non-hydrogen) atoms. The molecule has 0 fully saturated rings. The molecule has 0 radical (unpaired) electrons. The second-order valence-electron chi connectivity index (χ2n) is 3.75. The number of aliphatic hydroxyl groups is 1. The highest BCUT2D eigenvalue weighted by Gasteiger charge is 2.10. The molecular weight excluding hydrogens is 234 g/mol. The summed E-state index contributed by atoms with van der Waals surface area (Å²) in [5.74, 6) is -1.72. The number of amides is 1. The van der Waals surface area contributed by atoms with Gasteiger partial charge in [-0.15, -0.1) is 0 Å². The van der Waals surface area contributed by atoms with Crippen LogP contribution in [-0.2, 0) is 16.0 Å². The van der Waals surface area contributed by atoms with Gasteiger partial charge in [-0.3, -0.25) is 4.79 Å². The molecule has 0 aliphatic rings. The molecule has 5 heteroatoms. The lowest BCUT2D eigenvalue weighted by atomic mass is 10.1. The van der Waals surface area contributed by atoms with E-state index in [1.807, 2.05) is 30.3 Å². The fourth-order valence-electron chi connectivity index (χ4n) is 1.46. The summed E-state index contributed by atoms with van der Waals surface area (Å²) in [6.07, 6.45) is 2.17. The molecule has 3 N–H and O–H groups in total. The summed E-state index contributed by atoms with van der Waals surface area (Å²) in [5.41, 5.74) is 0.985. The van der Waals surface area contributed by atoms with Crippen molar-refractivity contribution in [3.63, 3.8) is 0 Å². The molecule has 0 aliphatic carbocycles. The minimum atomic E-state index is -1.19. The van der Waals surface area contributed by atoms with E-state index in [1.54, 1.807) is 0 Å². The molecule has 1 aromatic rings. The van der Waals surface area contributed by atoms with Crippen LogP contribution in [0.4, 0.5) is 0 Å². The van der Waals surface area contributed by atoms with Gasteiger partial charge >= 0.3 is 5.97 Å². The molecule has 0 heterocycles. The van der Waals surface area contributed by atoms with E-state index in [0.717, 1.165) is 17.7 Å². The molecule has 5 nitrogen and oxygen atoms in total. The predicted octanol–water partition coefficient (Wildman–Crippen LogP) is 0.347. The van der Waals surface area contributed by atoms with E-state index in [9.17, 15) is 9.59 Å². The standard InChI is InChI=1S/C13H15NO4/c15-9-11(8-10-4-2-1-3-5-10)14-12(16)6-7-13(17)18/h1-7,11,15H,8-9H2,(H,14,16)(H,17,18)/b7-6+/t11-/m0/s1. The Bertz CT molecular complexity index is 428. The molecule has 0 bridgehead atoms. The molecule has 0 aromatic heterocycles. The van der Waals surface area contributed by atoms with Crippen LogP contribution in [0, 0.1) is 0 Å². The number of aliphatic hydroxyl groups excluding tert-OH is 1. The first kappa shape index (κ1) is 13.9. The highest BCUT2D eigenvalue weighted by molar-refractivity contribution is 5.94. The van der Waals surface area contributed by atoms with Gasteiger partial charge in [0.15, 0.2) is 0 Å². The molecule has 0 aliphatic heterocycles. The summed E-state index contributed by atoms with van der Waals surface area (Å²) in [5, 5.41) is 20.1. The summed E-state index contributed by atoms with van der Waals surface area (Å²) in [6.45, 7) is -0.207. The second kappa shape index (κ2) is 7.24. The summed E-state index contributed by atoms with van der Waals surface area (Å²) >= 11 is 0. The van der Waals surface area contributed by atoms with E-state index < -0.39 is 17.9 Å². The van der Waals surface area contributed by atoms with Gasteiger partial charge in [-0.05, 0) is 12.0 Å². The maximum Gasteiger partial charge on any atom is 0.328 e. The Kier molecular flexibility index (Phi) is 5.60. The van der Waals surface area contributed by atoms with E-state index in [4.69, 9.17) is 10.2 Å². The molecule has 0 unspecified atom stereocenters. The van der Waals surface area contributed by atoms with Crippen LogP contribution in [0.15, 0.2) is 42.5 Å². The normalized spacial score (nSPS) is 12.3. The van der Waals surface area contributed by atoms with Crippen molar-refractivity contribution in [2.75, 3.05) is 6.61 Å². The minimum absolute atomic E-state index is 0.207. The third-order valence-corrected chi connectivity index (χ3v) is 2.27. The van der Waals surface area contributed by atoms with Crippen LogP contribution in [0.2, 0.25) is 0 Å². The minimum Gasteiger partial charge on any atom is -0.478 e. The molecule has 0 saturated carbocycles. The van der Waals surface area contributed by atoms with Crippen molar-refractivity contribution in [2.24, 2.45) is 0 Å². The molecule has 0 spiro atoms. The van der Waals surface area contributed by atoms with Crippen LogP contribution in [0.3, 0.4) is 0 Å². The number of hydrogen-bond donors (Lipinski definition) is 3. The predicted molar refractivity (Wildman–Crippen MR) is 65.9 cm³/mol. The number of benzene rings is 1. The lowest BCUT2D eigenvalue weighted by molar-refractivity contribution is -0.131. The number of rotatable bonds is 6. The maximum absolute atomic E-state index is 11.3. The summed E-state index contributed by atoms with van der Waals surface area (Å²) in [4.78, 5) is 21.6. The van der Waals surface area contributed by atoms with Crippen LogP contribution in [0.25, 0.3) is 0 Å². The van der Waals surface area contributed by atoms with Gasteiger partial charge in [-0.25, -0.2) is 4.79 Å². The van der Waals surface area contributed by atoms with E-state index in [-0.39, 0.29) is 6.61 Å². The smallest absolute Gasteiger partial charge is 0.328 e. The van der Waals surface area contributed by atoms with Crippen LogP contribution in [0.5, 0.6) is 0 Å². The van der Waals surface area contributed by atoms with Gasteiger partial charge in [0.05, 0.1) is 12.6 Å². The second-order valence-corrected chi connectivity index (χ2v) is 3.75. The van der Waals surface area contributed by atoms with Gasteiger partial charge in [0.2, 0.25) is 5.91 Å². The maximum atomic E-state index is 11.3. The van der Waals surface area contributed by atoms with Crippen LogP contribution in [-0.4, -0.2) is 34.7 Å². The van der Waals surface area contributed by atoms with Crippen LogP contribution in [0.1, 0.15) is 5.56 Å². The largest absolute Gasteiger partial charge is 0.478 e. The van der Waals surface area contributed by atoms with Gasteiger partial charge in [-0.2, -0.15) is 0 Å². The van der Waals surface area contributed by atoms with E-state index in [1.165, 1.54) is 0 Å². The third kappa shape index (κ3) is 5.27. The highest BCUT2D eigenvalue weighted by atomic mass is 16.4. The first-order chi connectivity index (χ1) is 8.61. The van der Waals surface area contributed by atoms with Gasteiger partial charge in [0.1, 0.15) is 0 Å². The first-order valence-corrected chi connectivity index (χ1v) is 5.48. The Hall–Kier alpha value is -2.14. The van der Waals surface area contributed by atoms with Crippen LogP contribution < -0.4 is 5.32 Å². The number of carbonyl (C=O) groups is 2. The lowest BCUT2D eigenvalue weighted by Gasteiger charge is -2.15. The summed E-state index contributed by atoms with van der Waals surface area (Å²) in [6, 6.07) is 8.97. The zero-order chi connectivity index (χ0) is 13.4. The average Bonchev–Trinajstić information content (AvgIpc) is 2.37. The van der Waals surface area contributed by atoms with Crippen molar-refractivity contribution in [3.8, 4) is 0 Å². The Labute approximate surface area is 105 Å². The SMILES string of the molecule is O=C(O)/C=C/C(=O)N[C@H](CO)Cc1ccccc1. The summed E-state index contributed by atoms with van der Waals surface area (Å²) in [7, 11) is 0. The number of carboxylic acid groups (broad SMARTS) is 1. The third-order valence-electron chi connectivity index (χ3n) is 2.27. The van der Waals surface area contributed by atoms with Crippen molar-refractivity contribution < 1.29 is 19.8 Å². The van der Waals surface area contributed by atoms with E-state index >= 15 is 0 Å². The summed E-state index contributed by atoms with van der Waals surface area (Å²) < 4.78 is 0. The molecule has 1 atom stereocenters. The van der Waals surface area contributed by atoms with Gasteiger partial charge in [0, 0.05) is 12.2 Å². The van der Waals surface area contributed by atoms with Crippen LogP contribution >= 0.6 is 0 Å². The Morgan fingerprint density at radius 2 is 1.89 bits per heavy atom. The van der Waals surface area contributed by atoms with Crippen molar-refractivity contribution >= 4 is 11.9 Å². The Morgan fingerprint density at radius 1 is 1.22 bits per heavy atom. The van der Waals surface area contributed by atoms with Gasteiger partial charge in [-0.1, -0.05) is 30.3 Å². The Balaban J connectivity index is 2.52. The van der Waals surface area contributed by atoms with Gasteiger partial charge < -0.3 is 15.5 Å². The topological polar surface area (TPSA) is 86.6 Å². The van der Waals surface area contributed by atoms with Crippen molar-refractivity contribution in [1.82, 2.24) is 5.32 Å². The monoisotopic (exact) mass is 249 g/mol. The van der Waals surface area contributed by atoms with Crippen molar-refractivity contribution in [2.45, 2.75) is 12.5 Å².